The van der Waals surface area contributed by atoms with Crippen LogP contribution in [-0.4, -0.2) is 17.4 Å². The lowest BCUT2D eigenvalue weighted by Gasteiger charge is -2.18. The number of carbonyl (C=O) groups is 1. The van der Waals surface area contributed by atoms with Crippen molar-refractivity contribution in [2.75, 3.05) is 11.4 Å². The Morgan fingerprint density at radius 1 is 1.32 bits per heavy atom. The molecule has 1 amide bonds. The van der Waals surface area contributed by atoms with E-state index in [4.69, 9.17) is 0 Å². The van der Waals surface area contributed by atoms with Gasteiger partial charge in [0, 0.05) is 33.9 Å². The van der Waals surface area contributed by atoms with Crippen molar-refractivity contribution in [1.29, 1.82) is 0 Å². The molecular formula is C16H13BrN2O3. The Hall–Kier alpha value is -2.21. The third-order valence-electron chi connectivity index (χ3n) is 3.91. The standard InChI is InChI=1S/C16H13BrN2O3/c1-10-13(3-2-4-14(10)19(21)22)16(20)18-8-7-11-9-12(17)5-6-15(11)18/h2-6,9H,7-8H2,1H3. The van der Waals surface area contributed by atoms with Gasteiger partial charge >= 0.3 is 0 Å². The van der Waals surface area contributed by atoms with E-state index in [-0.39, 0.29) is 11.6 Å². The molecule has 5 nitrogen and oxygen atoms in total. The molecule has 1 heterocycles. The summed E-state index contributed by atoms with van der Waals surface area (Å²) in [6.07, 6.45) is 0.786. The van der Waals surface area contributed by atoms with Crippen LogP contribution in [0.25, 0.3) is 0 Å². The zero-order valence-corrected chi connectivity index (χ0v) is 13.5. The smallest absolute Gasteiger partial charge is 0.273 e. The molecule has 0 fully saturated rings. The van der Waals surface area contributed by atoms with Crippen LogP contribution >= 0.6 is 15.9 Å². The van der Waals surface area contributed by atoms with Crippen LogP contribution in [0.2, 0.25) is 0 Å². The number of halogens is 1. The van der Waals surface area contributed by atoms with Crippen molar-refractivity contribution < 1.29 is 9.72 Å². The summed E-state index contributed by atoms with van der Waals surface area (Å²) < 4.78 is 0.979. The lowest BCUT2D eigenvalue weighted by atomic mass is 10.1. The second-order valence-electron chi connectivity index (χ2n) is 5.19. The van der Waals surface area contributed by atoms with Crippen LogP contribution in [0.3, 0.4) is 0 Å². The number of amides is 1. The summed E-state index contributed by atoms with van der Waals surface area (Å²) in [4.78, 5) is 25.0. The van der Waals surface area contributed by atoms with E-state index in [9.17, 15) is 14.9 Å². The Labute approximate surface area is 135 Å². The Bertz CT molecular complexity index is 789. The Morgan fingerprint density at radius 2 is 2.09 bits per heavy atom. The second-order valence-corrected chi connectivity index (χ2v) is 6.10. The summed E-state index contributed by atoms with van der Waals surface area (Å²) >= 11 is 3.43. The molecule has 0 bridgehead atoms. The molecule has 3 rings (SSSR count). The Kier molecular flexibility index (Phi) is 3.70. The van der Waals surface area contributed by atoms with Gasteiger partial charge in [-0.15, -0.1) is 0 Å². The van der Waals surface area contributed by atoms with E-state index in [0.717, 1.165) is 22.1 Å². The zero-order chi connectivity index (χ0) is 15.9. The van der Waals surface area contributed by atoms with Gasteiger partial charge in [0.15, 0.2) is 0 Å². The third-order valence-corrected chi connectivity index (χ3v) is 4.41. The van der Waals surface area contributed by atoms with Gasteiger partial charge < -0.3 is 4.90 Å². The van der Waals surface area contributed by atoms with E-state index < -0.39 is 4.92 Å². The van der Waals surface area contributed by atoms with Crippen molar-refractivity contribution in [2.24, 2.45) is 0 Å². The van der Waals surface area contributed by atoms with Crippen LogP contribution in [0.15, 0.2) is 40.9 Å². The SMILES string of the molecule is Cc1c(C(=O)N2CCc3cc(Br)ccc32)cccc1[N+](=O)[O-]. The fourth-order valence-corrected chi connectivity index (χ4v) is 3.19. The quantitative estimate of drug-likeness (QED) is 0.603. The highest BCUT2D eigenvalue weighted by molar-refractivity contribution is 9.10. The van der Waals surface area contributed by atoms with E-state index in [1.54, 1.807) is 24.0 Å². The molecular weight excluding hydrogens is 348 g/mol. The first-order valence-corrected chi connectivity index (χ1v) is 7.62. The number of carbonyl (C=O) groups excluding carboxylic acids is 1. The van der Waals surface area contributed by atoms with E-state index in [0.29, 0.717) is 17.7 Å². The number of fused-ring (bicyclic) bond motifs is 1. The van der Waals surface area contributed by atoms with Crippen molar-refractivity contribution in [1.82, 2.24) is 0 Å². The molecule has 1 aliphatic heterocycles. The molecule has 0 atom stereocenters. The number of anilines is 1. The maximum atomic E-state index is 12.8. The second kappa shape index (κ2) is 5.53. The highest BCUT2D eigenvalue weighted by Crippen LogP contribution is 2.32. The van der Waals surface area contributed by atoms with Gasteiger partial charge in [0.1, 0.15) is 0 Å². The van der Waals surface area contributed by atoms with Gasteiger partial charge in [-0.05, 0) is 43.2 Å². The number of nitro benzene ring substituents is 1. The number of hydrogen-bond acceptors (Lipinski definition) is 3. The van der Waals surface area contributed by atoms with E-state index in [1.165, 1.54) is 6.07 Å². The topological polar surface area (TPSA) is 63.5 Å². The summed E-state index contributed by atoms with van der Waals surface area (Å²) in [5, 5.41) is 11.0. The molecule has 22 heavy (non-hydrogen) atoms. The molecule has 0 aromatic heterocycles. The van der Waals surface area contributed by atoms with Crippen molar-refractivity contribution in [3.63, 3.8) is 0 Å². The minimum absolute atomic E-state index is 0.0268. The summed E-state index contributed by atoms with van der Waals surface area (Å²) in [6.45, 7) is 2.21. The van der Waals surface area contributed by atoms with Crippen molar-refractivity contribution in [2.45, 2.75) is 13.3 Å². The van der Waals surface area contributed by atoms with Crippen molar-refractivity contribution in [3.05, 3.63) is 67.7 Å². The largest absolute Gasteiger partial charge is 0.308 e. The predicted molar refractivity (Wildman–Crippen MR) is 87.4 cm³/mol. The fourth-order valence-electron chi connectivity index (χ4n) is 2.78. The van der Waals surface area contributed by atoms with Crippen LogP contribution in [0.1, 0.15) is 21.5 Å². The summed E-state index contributed by atoms with van der Waals surface area (Å²) in [7, 11) is 0. The van der Waals surface area contributed by atoms with E-state index >= 15 is 0 Å². The van der Waals surface area contributed by atoms with Crippen LogP contribution in [0, 0.1) is 17.0 Å². The first-order valence-electron chi connectivity index (χ1n) is 6.83. The normalized spacial score (nSPS) is 13.1. The van der Waals surface area contributed by atoms with Gasteiger partial charge in [-0.25, -0.2) is 0 Å². The lowest BCUT2D eigenvalue weighted by Crippen LogP contribution is -2.29. The summed E-state index contributed by atoms with van der Waals surface area (Å²) in [5.74, 6) is -0.192. The van der Waals surface area contributed by atoms with Crippen LogP contribution in [0.4, 0.5) is 11.4 Å². The molecule has 0 saturated carbocycles. The summed E-state index contributed by atoms with van der Waals surface area (Å²) in [5.41, 5.74) is 2.74. The van der Waals surface area contributed by atoms with Gasteiger partial charge in [-0.3, -0.25) is 14.9 Å². The van der Waals surface area contributed by atoms with Gasteiger partial charge in [-0.1, -0.05) is 22.0 Å². The van der Waals surface area contributed by atoms with Crippen LogP contribution < -0.4 is 4.90 Å². The number of rotatable bonds is 2. The molecule has 2 aromatic rings. The number of hydrogen-bond donors (Lipinski definition) is 0. The molecule has 0 unspecified atom stereocenters. The third kappa shape index (κ3) is 2.39. The van der Waals surface area contributed by atoms with E-state index in [1.807, 2.05) is 18.2 Å². The number of nitrogens with zero attached hydrogens (tertiary/aromatic N) is 2. The number of nitro groups is 1. The molecule has 0 N–H and O–H groups in total. The maximum Gasteiger partial charge on any atom is 0.273 e. The Morgan fingerprint density at radius 3 is 2.82 bits per heavy atom. The van der Waals surface area contributed by atoms with Crippen LogP contribution in [0.5, 0.6) is 0 Å². The van der Waals surface area contributed by atoms with Gasteiger partial charge in [0.25, 0.3) is 11.6 Å². The lowest BCUT2D eigenvalue weighted by molar-refractivity contribution is -0.385. The molecule has 1 aliphatic rings. The Balaban J connectivity index is 2.01. The monoisotopic (exact) mass is 360 g/mol. The summed E-state index contributed by atoms with van der Waals surface area (Å²) in [6, 6.07) is 10.4. The molecule has 112 valence electrons. The minimum Gasteiger partial charge on any atom is -0.308 e. The van der Waals surface area contributed by atoms with Gasteiger partial charge in [0.05, 0.1) is 4.92 Å². The molecule has 0 aliphatic carbocycles. The van der Waals surface area contributed by atoms with Crippen LogP contribution in [-0.2, 0) is 6.42 Å². The number of benzene rings is 2. The predicted octanol–water partition coefficient (Wildman–Crippen LogP) is 3.87. The molecule has 0 saturated heterocycles. The van der Waals surface area contributed by atoms with Gasteiger partial charge in [0.2, 0.25) is 0 Å². The first-order chi connectivity index (χ1) is 10.5. The minimum atomic E-state index is -0.457. The zero-order valence-electron chi connectivity index (χ0n) is 11.9. The van der Waals surface area contributed by atoms with E-state index in [2.05, 4.69) is 15.9 Å². The average Bonchev–Trinajstić information content (AvgIpc) is 2.89. The molecule has 6 heteroatoms. The van der Waals surface area contributed by atoms with Crippen molar-refractivity contribution in [3.8, 4) is 0 Å². The highest BCUT2D eigenvalue weighted by atomic mass is 79.9. The van der Waals surface area contributed by atoms with Crippen molar-refractivity contribution >= 4 is 33.2 Å². The molecule has 2 aromatic carbocycles. The fraction of sp³-hybridized carbons (Fsp3) is 0.188. The molecule has 0 spiro atoms. The first kappa shape index (κ1) is 14.7. The highest BCUT2D eigenvalue weighted by Gasteiger charge is 2.28. The average molecular weight is 361 g/mol. The molecule has 0 radical (unpaired) electrons. The van der Waals surface area contributed by atoms with Gasteiger partial charge in [-0.2, -0.15) is 0 Å². The maximum absolute atomic E-state index is 12.8.